The minimum absolute atomic E-state index is 0.400. The highest BCUT2D eigenvalue weighted by Crippen LogP contribution is 2.21. The van der Waals surface area contributed by atoms with Crippen LogP contribution < -0.4 is 5.32 Å². The third-order valence-electron chi connectivity index (χ3n) is 4.39. The Hall–Kier alpha value is -0.0800. The number of hydrogen-bond acceptors (Lipinski definition) is 2. The molecule has 0 atom stereocenters. The molecule has 2 heteroatoms. The molecular formula is C15H32N2. The molecule has 17 heavy (non-hydrogen) atoms. The first-order chi connectivity index (χ1) is 8.20. The molecule has 0 radical (unpaired) electrons. The number of nitrogens with zero attached hydrogens (tertiary/aromatic N) is 1. The van der Waals surface area contributed by atoms with E-state index in [1.54, 1.807) is 0 Å². The standard InChI is InChI=1S/C15H32N2/c1-4-5-6-7-8-9-12-17-13-10-15(2,16-3)11-14-17/h16H,4-14H2,1-3H3. The van der Waals surface area contributed by atoms with Crippen molar-refractivity contribution in [3.63, 3.8) is 0 Å². The van der Waals surface area contributed by atoms with Crippen LogP contribution in [0.5, 0.6) is 0 Å². The van der Waals surface area contributed by atoms with Gasteiger partial charge in [0.25, 0.3) is 0 Å². The van der Waals surface area contributed by atoms with Gasteiger partial charge in [0, 0.05) is 5.54 Å². The van der Waals surface area contributed by atoms with Crippen LogP contribution in [-0.2, 0) is 0 Å². The predicted molar refractivity (Wildman–Crippen MR) is 76.5 cm³/mol. The SMILES string of the molecule is CCCCCCCCN1CCC(C)(NC)CC1. The monoisotopic (exact) mass is 240 g/mol. The highest BCUT2D eigenvalue weighted by atomic mass is 15.1. The molecule has 1 rings (SSSR count). The molecule has 2 nitrogen and oxygen atoms in total. The molecule has 1 saturated heterocycles. The Morgan fingerprint density at radius 1 is 1.00 bits per heavy atom. The second kappa shape index (κ2) is 8.10. The maximum Gasteiger partial charge on any atom is 0.0174 e. The van der Waals surface area contributed by atoms with Gasteiger partial charge in [0.2, 0.25) is 0 Å². The van der Waals surface area contributed by atoms with Gasteiger partial charge in [-0.15, -0.1) is 0 Å². The van der Waals surface area contributed by atoms with Crippen molar-refractivity contribution in [1.29, 1.82) is 0 Å². The summed E-state index contributed by atoms with van der Waals surface area (Å²) in [6.07, 6.45) is 11.1. The van der Waals surface area contributed by atoms with Gasteiger partial charge < -0.3 is 10.2 Å². The Balaban J connectivity index is 1.99. The summed E-state index contributed by atoms with van der Waals surface area (Å²) >= 11 is 0. The van der Waals surface area contributed by atoms with E-state index in [1.165, 1.54) is 71.0 Å². The predicted octanol–water partition coefficient (Wildman–Crippen LogP) is 3.42. The van der Waals surface area contributed by atoms with Crippen molar-refractivity contribution in [2.24, 2.45) is 0 Å². The molecule has 1 fully saturated rings. The van der Waals surface area contributed by atoms with Gasteiger partial charge >= 0.3 is 0 Å². The summed E-state index contributed by atoms with van der Waals surface area (Å²) in [5.74, 6) is 0. The van der Waals surface area contributed by atoms with Crippen molar-refractivity contribution in [2.45, 2.75) is 70.8 Å². The summed E-state index contributed by atoms with van der Waals surface area (Å²) in [7, 11) is 2.10. The smallest absolute Gasteiger partial charge is 0.0174 e. The molecule has 0 spiro atoms. The Bertz CT molecular complexity index is 183. The molecule has 0 aliphatic carbocycles. The fourth-order valence-corrected chi connectivity index (χ4v) is 2.64. The van der Waals surface area contributed by atoms with E-state index in [0.717, 1.165) is 0 Å². The van der Waals surface area contributed by atoms with Crippen LogP contribution in [0.15, 0.2) is 0 Å². The lowest BCUT2D eigenvalue weighted by Crippen LogP contribution is -2.50. The van der Waals surface area contributed by atoms with Crippen molar-refractivity contribution in [1.82, 2.24) is 10.2 Å². The number of unbranched alkanes of at least 4 members (excludes halogenated alkanes) is 5. The lowest BCUT2D eigenvalue weighted by Gasteiger charge is -2.39. The zero-order chi connectivity index (χ0) is 12.6. The quantitative estimate of drug-likeness (QED) is 0.654. The molecule has 0 amide bonds. The number of likely N-dealkylation sites (tertiary alicyclic amines) is 1. The van der Waals surface area contributed by atoms with Crippen LogP contribution in [0.25, 0.3) is 0 Å². The molecule has 1 heterocycles. The minimum atomic E-state index is 0.400. The molecule has 0 bridgehead atoms. The van der Waals surface area contributed by atoms with E-state index in [4.69, 9.17) is 0 Å². The van der Waals surface area contributed by atoms with Crippen LogP contribution in [0.1, 0.15) is 65.2 Å². The Morgan fingerprint density at radius 2 is 1.59 bits per heavy atom. The average Bonchev–Trinajstić information content (AvgIpc) is 2.36. The van der Waals surface area contributed by atoms with Gasteiger partial charge in [-0.25, -0.2) is 0 Å². The fourth-order valence-electron chi connectivity index (χ4n) is 2.64. The molecule has 1 aliphatic rings. The van der Waals surface area contributed by atoms with Crippen LogP contribution in [0.3, 0.4) is 0 Å². The summed E-state index contributed by atoms with van der Waals surface area (Å²) in [5, 5.41) is 3.46. The van der Waals surface area contributed by atoms with E-state index in [2.05, 4.69) is 31.1 Å². The first kappa shape index (κ1) is 15.0. The maximum absolute atomic E-state index is 3.46. The van der Waals surface area contributed by atoms with Crippen LogP contribution in [-0.4, -0.2) is 37.1 Å². The van der Waals surface area contributed by atoms with Gasteiger partial charge in [0.05, 0.1) is 0 Å². The van der Waals surface area contributed by atoms with Crippen LogP contribution >= 0.6 is 0 Å². The molecule has 102 valence electrons. The van der Waals surface area contributed by atoms with Crippen molar-refractivity contribution in [2.75, 3.05) is 26.7 Å². The summed E-state index contributed by atoms with van der Waals surface area (Å²) < 4.78 is 0. The number of piperidine rings is 1. The zero-order valence-corrected chi connectivity index (χ0v) is 12.2. The summed E-state index contributed by atoms with van der Waals surface area (Å²) in [6.45, 7) is 8.53. The van der Waals surface area contributed by atoms with Gasteiger partial charge in [-0.1, -0.05) is 39.0 Å². The van der Waals surface area contributed by atoms with E-state index in [-0.39, 0.29) is 0 Å². The molecule has 0 aromatic rings. The fraction of sp³-hybridized carbons (Fsp3) is 1.00. The highest BCUT2D eigenvalue weighted by Gasteiger charge is 2.27. The third kappa shape index (κ3) is 5.87. The Kier molecular flexibility index (Phi) is 7.14. The van der Waals surface area contributed by atoms with Gasteiger partial charge in [0.1, 0.15) is 0 Å². The molecular weight excluding hydrogens is 208 g/mol. The van der Waals surface area contributed by atoms with Gasteiger partial charge in [-0.3, -0.25) is 0 Å². The van der Waals surface area contributed by atoms with E-state index in [0.29, 0.717) is 5.54 Å². The summed E-state index contributed by atoms with van der Waals surface area (Å²) in [5.41, 5.74) is 0.400. The lowest BCUT2D eigenvalue weighted by atomic mass is 9.90. The second-order valence-corrected chi connectivity index (χ2v) is 5.92. The van der Waals surface area contributed by atoms with E-state index < -0.39 is 0 Å². The number of hydrogen-bond donors (Lipinski definition) is 1. The molecule has 0 unspecified atom stereocenters. The second-order valence-electron chi connectivity index (χ2n) is 5.92. The average molecular weight is 240 g/mol. The minimum Gasteiger partial charge on any atom is -0.314 e. The third-order valence-corrected chi connectivity index (χ3v) is 4.39. The summed E-state index contributed by atoms with van der Waals surface area (Å²) in [6, 6.07) is 0. The van der Waals surface area contributed by atoms with Gasteiger partial charge in [-0.05, 0) is 52.9 Å². The van der Waals surface area contributed by atoms with Crippen LogP contribution in [0.2, 0.25) is 0 Å². The van der Waals surface area contributed by atoms with Crippen molar-refractivity contribution < 1.29 is 0 Å². The van der Waals surface area contributed by atoms with Crippen molar-refractivity contribution >= 4 is 0 Å². The topological polar surface area (TPSA) is 15.3 Å². The molecule has 0 saturated carbocycles. The number of nitrogens with one attached hydrogen (secondary N) is 1. The largest absolute Gasteiger partial charge is 0.314 e. The van der Waals surface area contributed by atoms with Crippen molar-refractivity contribution in [3.8, 4) is 0 Å². The lowest BCUT2D eigenvalue weighted by molar-refractivity contribution is 0.150. The first-order valence-corrected chi connectivity index (χ1v) is 7.61. The maximum atomic E-state index is 3.46. The summed E-state index contributed by atoms with van der Waals surface area (Å²) in [4.78, 5) is 2.65. The molecule has 0 aromatic heterocycles. The molecule has 1 N–H and O–H groups in total. The van der Waals surface area contributed by atoms with Gasteiger partial charge in [0.15, 0.2) is 0 Å². The normalized spacial score (nSPS) is 20.6. The van der Waals surface area contributed by atoms with Crippen molar-refractivity contribution in [3.05, 3.63) is 0 Å². The first-order valence-electron chi connectivity index (χ1n) is 7.61. The Morgan fingerprint density at radius 3 is 2.18 bits per heavy atom. The highest BCUT2D eigenvalue weighted by molar-refractivity contribution is 4.87. The number of rotatable bonds is 8. The zero-order valence-electron chi connectivity index (χ0n) is 12.2. The van der Waals surface area contributed by atoms with E-state index in [1.807, 2.05) is 0 Å². The molecule has 0 aromatic carbocycles. The van der Waals surface area contributed by atoms with E-state index >= 15 is 0 Å². The Labute approximate surface area is 108 Å². The van der Waals surface area contributed by atoms with Crippen LogP contribution in [0.4, 0.5) is 0 Å². The van der Waals surface area contributed by atoms with Gasteiger partial charge in [-0.2, -0.15) is 0 Å². The van der Waals surface area contributed by atoms with E-state index in [9.17, 15) is 0 Å². The van der Waals surface area contributed by atoms with Crippen LogP contribution in [0, 0.1) is 0 Å². The molecule has 1 aliphatic heterocycles.